The molecule has 0 saturated carbocycles. The number of carbonyl (C=O) groups excluding carboxylic acids is 2. The van der Waals surface area contributed by atoms with Crippen LogP contribution in [0.25, 0.3) is 39.7 Å². The van der Waals surface area contributed by atoms with E-state index in [9.17, 15) is 9.59 Å². The third-order valence-corrected chi connectivity index (χ3v) is 40.3. The van der Waals surface area contributed by atoms with Crippen molar-refractivity contribution >= 4 is 164 Å². The molecule has 0 N–H and O–H groups in total. The zero-order valence-electron chi connectivity index (χ0n) is 39.0. The molecule has 0 bridgehead atoms. The maximum absolute atomic E-state index is 13.2. The fourth-order valence-electron chi connectivity index (χ4n) is 8.41. The Balaban J connectivity index is 0.000000267. The third-order valence-electron chi connectivity index (χ3n) is 12.3. The summed E-state index contributed by atoms with van der Waals surface area (Å²) in [5.41, 5.74) is 0. The molecule has 2 atom stereocenters. The Morgan fingerprint density at radius 1 is 0.530 bits per heavy atom. The van der Waals surface area contributed by atoms with E-state index >= 15 is 0 Å². The predicted molar refractivity (Wildman–Crippen MR) is 319 cm³/mol. The van der Waals surface area contributed by atoms with Gasteiger partial charge in [-0.3, -0.25) is 9.59 Å². The number of hydrogen-bond acceptors (Lipinski definition) is 9. The van der Waals surface area contributed by atoms with Crippen LogP contribution in [0.2, 0.25) is 13.3 Å². The second-order valence-electron chi connectivity index (χ2n) is 16.9. The van der Waals surface area contributed by atoms with Crippen LogP contribution in [0.1, 0.15) is 173 Å². The summed E-state index contributed by atoms with van der Waals surface area (Å²) in [5, 5.41) is 8.98. The molecule has 0 amide bonds. The normalized spacial score (nSPS) is 12.2. The number of rotatable bonds is 24. The molecule has 0 fully saturated rings. The van der Waals surface area contributed by atoms with Gasteiger partial charge in [0.15, 0.2) is 11.6 Å². The Bertz CT molecular complexity index is 2280. The number of ketones is 2. The molecule has 0 aliphatic rings. The number of fused-ring (bicyclic) bond motifs is 2. The van der Waals surface area contributed by atoms with Crippen LogP contribution in [0.3, 0.4) is 0 Å². The molecule has 12 heteroatoms. The quantitative estimate of drug-likeness (QED) is 0.0446. The molecule has 7 heterocycles. The summed E-state index contributed by atoms with van der Waals surface area (Å²) in [6.45, 7) is 15.7. The fourth-order valence-corrected chi connectivity index (χ4v) is 37.2. The van der Waals surface area contributed by atoms with E-state index in [0.717, 1.165) is 74.1 Å². The number of hydrogen-bond donors (Lipinski definition) is 0. The average molecular weight is 1260 g/mol. The van der Waals surface area contributed by atoms with Gasteiger partial charge < -0.3 is 0 Å². The van der Waals surface area contributed by atoms with Crippen molar-refractivity contribution in [1.29, 1.82) is 0 Å². The molecule has 2 nitrogen and oxygen atoms in total. The van der Waals surface area contributed by atoms with Gasteiger partial charge in [-0.05, 0) is 92.6 Å². The monoisotopic (exact) mass is 1260 g/mol. The van der Waals surface area contributed by atoms with Crippen molar-refractivity contribution in [3.63, 3.8) is 0 Å². The van der Waals surface area contributed by atoms with Crippen LogP contribution in [0.15, 0.2) is 72.2 Å². The molecule has 7 aromatic rings. The van der Waals surface area contributed by atoms with E-state index in [1.54, 1.807) is 70.0 Å². The van der Waals surface area contributed by atoms with Crippen LogP contribution < -0.4 is 2.89 Å². The zero-order valence-corrected chi connectivity index (χ0v) is 50.7. The second kappa shape index (κ2) is 31.1. The van der Waals surface area contributed by atoms with Crippen molar-refractivity contribution < 1.29 is 9.59 Å². The molecule has 2 unspecified atom stereocenters. The van der Waals surface area contributed by atoms with Gasteiger partial charge in [0.25, 0.3) is 0 Å². The van der Waals surface area contributed by atoms with E-state index in [-0.39, 0.29) is 26.7 Å². The number of thiophene rings is 7. The minimum absolute atomic E-state index is 0. The summed E-state index contributed by atoms with van der Waals surface area (Å²) in [6, 6.07) is 17.6. The Labute approximate surface area is 448 Å². The molecule has 0 saturated heterocycles. The minimum atomic E-state index is -2.01. The first-order valence-electron chi connectivity index (χ1n) is 23.7. The van der Waals surface area contributed by atoms with E-state index < -0.39 is 18.4 Å². The summed E-state index contributed by atoms with van der Waals surface area (Å²) in [7, 11) is 0. The predicted octanol–water partition coefficient (Wildman–Crippen LogP) is 22.8. The summed E-state index contributed by atoms with van der Waals surface area (Å²) < 4.78 is 11.3. The van der Waals surface area contributed by atoms with Crippen molar-refractivity contribution in [3.8, 4) is 19.5 Å². The van der Waals surface area contributed by atoms with Crippen molar-refractivity contribution in [1.82, 2.24) is 0 Å². The molecule has 7 rings (SSSR count). The molecular weight excluding hydrogens is 1180 g/mol. The second-order valence-corrected chi connectivity index (χ2v) is 40.6. The Morgan fingerprint density at radius 3 is 1.41 bits per heavy atom. The number of unbranched alkanes of at least 4 members (excludes halogenated alkanes) is 5. The Morgan fingerprint density at radius 2 is 0.985 bits per heavy atom. The molecule has 0 spiro atoms. The molecule has 0 radical (unpaired) electrons. The first-order chi connectivity index (χ1) is 31.1. The SMILES string of the molecule is C.C.CCCCC(CC)C(=O)c1cc2c(-c3cccs3)sc(-c3cccs3)c2s1.CCCCC(CC)C(=O)c1cc2c(Br)sc(Br)c2s1.CCC[CH2][Sn]([CH2]CCC)([CH2]CCC)[c]1cccs1. The molecule has 7 aromatic heterocycles. The van der Waals surface area contributed by atoms with Crippen LogP contribution in [-0.4, -0.2) is 29.9 Å². The van der Waals surface area contributed by atoms with E-state index in [1.165, 1.54) is 72.8 Å². The fraction of sp³-hybridized carbons (Fsp3) is 0.519. The summed E-state index contributed by atoms with van der Waals surface area (Å²) in [6.07, 6.45) is 17.0. The molecule has 0 aromatic carbocycles. The third kappa shape index (κ3) is 15.8. The van der Waals surface area contributed by atoms with E-state index in [4.69, 9.17) is 0 Å². The van der Waals surface area contributed by atoms with Gasteiger partial charge in [0.1, 0.15) is 0 Å². The first kappa shape index (κ1) is 59.8. The van der Waals surface area contributed by atoms with Gasteiger partial charge in [0.2, 0.25) is 0 Å². The number of carbonyl (C=O) groups is 2. The molecule has 364 valence electrons. The van der Waals surface area contributed by atoms with Crippen LogP contribution in [0.4, 0.5) is 0 Å². The average Bonchev–Trinajstić information content (AvgIpc) is 4.17. The van der Waals surface area contributed by atoms with Crippen LogP contribution in [0.5, 0.6) is 0 Å². The van der Waals surface area contributed by atoms with Crippen LogP contribution in [0, 0.1) is 11.8 Å². The van der Waals surface area contributed by atoms with Gasteiger partial charge in [0, 0.05) is 32.4 Å². The Hall–Kier alpha value is -0.481. The van der Waals surface area contributed by atoms with Gasteiger partial charge in [0.05, 0.1) is 36.5 Å². The van der Waals surface area contributed by atoms with Gasteiger partial charge in [-0.1, -0.05) is 80.4 Å². The van der Waals surface area contributed by atoms with Gasteiger partial charge in [-0.25, -0.2) is 0 Å². The van der Waals surface area contributed by atoms with Crippen molar-refractivity contribution in [2.45, 2.75) is 167 Å². The van der Waals surface area contributed by atoms with E-state index in [0.29, 0.717) is 11.6 Å². The number of Topliss-reactive ketones (excluding diaryl/α,β-unsaturated/α-hetero) is 2. The summed E-state index contributed by atoms with van der Waals surface area (Å²) >= 11 is 17.6. The van der Waals surface area contributed by atoms with Gasteiger partial charge >= 0.3 is 123 Å². The summed E-state index contributed by atoms with van der Waals surface area (Å²) in [4.78, 5) is 32.8. The van der Waals surface area contributed by atoms with Crippen molar-refractivity contribution in [3.05, 3.63) is 82.0 Å². The number of halogens is 2. The van der Waals surface area contributed by atoms with Gasteiger partial charge in [-0.15, -0.1) is 68.0 Å². The van der Waals surface area contributed by atoms with Crippen LogP contribution in [-0.2, 0) is 0 Å². The molecular formula is C54H76Br2O2S7Sn. The Kier molecular flexibility index (Phi) is 28.2. The van der Waals surface area contributed by atoms with E-state index in [2.05, 4.69) is 150 Å². The zero-order chi connectivity index (χ0) is 46.1. The molecule has 66 heavy (non-hydrogen) atoms. The standard InChI is InChI=1S/C22H22OS4.C14H16Br2OS2.C4H3S.3C4H9.2CH4.Sn/c1-3-5-8-14(4-2)19(23)18-13-15-20(16-9-6-11-24-16)27-22(21(15)26-18)17-10-7-12-25-17;1-3-5-6-8(4-2)11(17)10-7-9-12(18-10)14(16)19-13(9)15;1-2-4-5-3-1;3*1-3-4-2;;;/h6-7,9-14H,3-5,8H2,1-2H3;7-8H,3-6H2,1-2H3;1-3H;3*1,3-4H2,2H3;2*1H4;. The van der Waals surface area contributed by atoms with Gasteiger partial charge in [-0.2, -0.15) is 0 Å². The van der Waals surface area contributed by atoms with Crippen molar-refractivity contribution in [2.75, 3.05) is 0 Å². The summed E-state index contributed by atoms with van der Waals surface area (Å²) in [5.74, 6) is 1.00. The molecule has 0 aliphatic carbocycles. The van der Waals surface area contributed by atoms with E-state index in [1.807, 2.05) is 20.3 Å². The van der Waals surface area contributed by atoms with Crippen LogP contribution >= 0.6 is 111 Å². The first-order valence-corrected chi connectivity index (χ1v) is 38.7. The van der Waals surface area contributed by atoms with Crippen molar-refractivity contribution in [2.24, 2.45) is 11.8 Å². The topological polar surface area (TPSA) is 34.1 Å². The molecule has 0 aliphatic heterocycles. The maximum atomic E-state index is 13.2.